The van der Waals surface area contributed by atoms with Crippen molar-refractivity contribution < 1.29 is 28.4 Å². The summed E-state index contributed by atoms with van der Waals surface area (Å²) < 4.78 is 50.7. The Hall–Kier alpha value is -5.34. The lowest BCUT2D eigenvalue weighted by atomic mass is 10.2. The van der Waals surface area contributed by atoms with Crippen molar-refractivity contribution in [2.24, 2.45) is 0 Å². The van der Waals surface area contributed by atoms with E-state index in [0.29, 0.717) is 0 Å². The van der Waals surface area contributed by atoms with Crippen LogP contribution in [0.5, 0.6) is 34.5 Å². The molecular weight excluding hydrogens is 991 g/mol. The van der Waals surface area contributed by atoms with Gasteiger partial charge in [-0.2, -0.15) is 0 Å². The molecule has 6 aromatic carbocycles. The van der Waals surface area contributed by atoms with Gasteiger partial charge >= 0.3 is 0 Å². The number of hydrogen-bond donors (Lipinski definition) is 0. The third kappa shape index (κ3) is 13.8. The molecule has 6 heterocycles. The Labute approximate surface area is 455 Å². The fourth-order valence-corrected chi connectivity index (χ4v) is 16.3. The highest BCUT2D eigenvalue weighted by atomic mass is 31.2. The maximum absolute atomic E-state index is 5.76. The smallest absolute Gasteiger partial charge is 0.123 e. The van der Waals surface area contributed by atoms with Crippen molar-refractivity contribution in [2.75, 3.05) is 121 Å². The summed E-state index contributed by atoms with van der Waals surface area (Å²) in [7, 11) is 9.03. The van der Waals surface area contributed by atoms with Gasteiger partial charge in [0.1, 0.15) is 51.2 Å². The number of ether oxygens (including phenoxy) is 6. The number of nitrogens with zero attached hydrogens (tertiary/aromatic N) is 8. The summed E-state index contributed by atoms with van der Waals surface area (Å²) >= 11 is 0. The van der Waals surface area contributed by atoms with Gasteiger partial charge in [0, 0.05) is 151 Å². The van der Waals surface area contributed by atoms with E-state index in [-0.39, 0.29) is 0 Å². The van der Waals surface area contributed by atoms with Crippen LogP contribution in [0.2, 0.25) is 0 Å². The summed E-state index contributed by atoms with van der Waals surface area (Å²) in [6.45, 7) is 17.6. The molecule has 0 saturated carbocycles. The van der Waals surface area contributed by atoms with Crippen LogP contribution in [0.1, 0.15) is 33.4 Å². The zero-order valence-electron chi connectivity index (χ0n) is 45.5. The van der Waals surface area contributed by atoms with Gasteiger partial charge in [0.25, 0.3) is 0 Å². The minimum atomic E-state index is -0.784. The Morgan fingerprint density at radius 1 is 0.250 bits per heavy atom. The first-order valence-electron chi connectivity index (χ1n) is 26.7. The molecule has 0 unspecified atom stereocenters. The Kier molecular flexibility index (Phi) is 20.3. The van der Waals surface area contributed by atoms with Gasteiger partial charge in [-0.05, 0) is 36.4 Å². The highest BCUT2D eigenvalue weighted by molar-refractivity contribution is 7.50. The minimum Gasteiger partial charge on any atom is -0.496 e. The van der Waals surface area contributed by atoms with Crippen LogP contribution in [-0.4, -0.2) is 159 Å². The Morgan fingerprint density at radius 2 is 0.408 bits per heavy atom. The van der Waals surface area contributed by atoms with Crippen LogP contribution in [0.25, 0.3) is 0 Å². The molecule has 0 spiro atoms. The van der Waals surface area contributed by atoms with Gasteiger partial charge < -0.3 is 28.4 Å². The lowest BCUT2D eigenvalue weighted by Crippen LogP contribution is -2.51. The molecule has 12 rings (SSSR count). The van der Waals surface area contributed by atoms with Gasteiger partial charge in [-0.1, -0.05) is 109 Å². The summed E-state index contributed by atoms with van der Waals surface area (Å²) in [4.78, 5) is 5.23. The maximum atomic E-state index is 5.76. The average molecular weight is 1070 g/mol. The van der Waals surface area contributed by atoms with Gasteiger partial charge in [-0.3, -0.25) is 37.8 Å². The summed E-state index contributed by atoms with van der Waals surface area (Å²) in [5.74, 6) is 5.70. The lowest BCUT2D eigenvalue weighted by molar-refractivity contribution is 0.158. The highest BCUT2D eigenvalue weighted by Crippen LogP contribution is 2.54. The number of fused-ring (bicyclic) bond motifs is 12. The summed E-state index contributed by atoms with van der Waals surface area (Å²) in [5, 5.41) is 0. The summed E-state index contributed by atoms with van der Waals surface area (Å²) in [6.07, 6.45) is 0. The molecular formula is C60H78N8O6P2. The molecule has 6 aliphatic heterocycles. The average Bonchev–Trinajstić information content (AvgIpc) is 3.44. The topological polar surface area (TPSA) is 81.3 Å². The largest absolute Gasteiger partial charge is 0.496 e. The normalized spacial score (nSPS) is 20.9. The van der Waals surface area contributed by atoms with Crippen LogP contribution in [0.3, 0.4) is 0 Å². The van der Waals surface area contributed by atoms with Crippen molar-refractivity contribution in [3.63, 3.8) is 0 Å². The first-order chi connectivity index (χ1) is 37.4. The van der Waals surface area contributed by atoms with E-state index in [1.54, 1.807) is 42.7 Å². The molecule has 0 aliphatic carbocycles. The standard InChI is InChI=1S/2C30H39N4O3P/c2*1-35-28-13-7-4-10-25(28)22-32-19-16-31-17-20-33(23-26-11-5-8-14-29(26)36-2)38(32)34(21-18-31)24-27-12-6-9-15-30(27)37-3/h2*4-15H,16-24H2,1-3H3. The first kappa shape index (κ1) is 55.4. The molecule has 16 heteroatoms. The maximum Gasteiger partial charge on any atom is 0.123 e. The van der Waals surface area contributed by atoms with Crippen molar-refractivity contribution in [2.45, 2.75) is 39.3 Å². The van der Waals surface area contributed by atoms with Crippen molar-refractivity contribution in [1.29, 1.82) is 0 Å². The number of para-hydroxylation sites is 6. The molecule has 6 fully saturated rings. The van der Waals surface area contributed by atoms with Gasteiger partial charge in [-0.15, -0.1) is 0 Å². The minimum absolute atomic E-state index is 0.784. The second kappa shape index (κ2) is 27.8. The summed E-state index contributed by atoms with van der Waals surface area (Å²) in [5.41, 5.74) is 7.36. The molecule has 4 bridgehead atoms. The van der Waals surface area contributed by atoms with E-state index in [4.69, 9.17) is 28.4 Å². The van der Waals surface area contributed by atoms with Crippen LogP contribution in [0.4, 0.5) is 0 Å². The van der Waals surface area contributed by atoms with E-state index in [2.05, 4.69) is 147 Å². The van der Waals surface area contributed by atoms with Gasteiger partial charge in [0.2, 0.25) is 0 Å². The second-order valence-corrected chi connectivity index (χ2v) is 23.9. The lowest BCUT2D eigenvalue weighted by Gasteiger charge is -2.50. The van der Waals surface area contributed by atoms with Gasteiger partial charge in [-0.25, -0.2) is 0 Å². The fourth-order valence-electron chi connectivity index (χ4n) is 10.9. The molecule has 404 valence electrons. The van der Waals surface area contributed by atoms with Crippen LogP contribution >= 0.6 is 16.7 Å². The quantitative estimate of drug-likeness (QED) is 0.0767. The first-order valence-corrected chi connectivity index (χ1v) is 29.1. The molecule has 6 aliphatic rings. The monoisotopic (exact) mass is 1070 g/mol. The fraction of sp³-hybridized carbons (Fsp3) is 0.400. The second-order valence-electron chi connectivity index (χ2n) is 19.4. The third-order valence-electron chi connectivity index (χ3n) is 14.8. The molecule has 0 radical (unpaired) electrons. The summed E-state index contributed by atoms with van der Waals surface area (Å²) in [6, 6.07) is 50.6. The zero-order valence-corrected chi connectivity index (χ0v) is 47.3. The zero-order chi connectivity index (χ0) is 52.6. The molecule has 6 saturated heterocycles. The van der Waals surface area contributed by atoms with Crippen molar-refractivity contribution in [3.8, 4) is 34.5 Å². The van der Waals surface area contributed by atoms with Crippen molar-refractivity contribution in [1.82, 2.24) is 37.8 Å². The molecule has 6 aromatic rings. The Balaban J connectivity index is 0.000000186. The number of rotatable bonds is 18. The van der Waals surface area contributed by atoms with E-state index in [0.717, 1.165) is 152 Å². The molecule has 0 N–H and O–H groups in total. The number of methoxy groups -OCH3 is 6. The van der Waals surface area contributed by atoms with Crippen LogP contribution in [-0.2, 0) is 39.3 Å². The van der Waals surface area contributed by atoms with Crippen molar-refractivity contribution in [3.05, 3.63) is 179 Å². The molecule has 0 aromatic heterocycles. The molecule has 14 nitrogen and oxygen atoms in total. The third-order valence-corrected chi connectivity index (χ3v) is 19.9. The van der Waals surface area contributed by atoms with Gasteiger partial charge in [0.05, 0.1) is 42.7 Å². The predicted octanol–water partition coefficient (Wildman–Crippen LogP) is 10.1. The SMILES string of the molecule is COc1ccccc1CN1CCN2CCN(Cc3ccccc3OC)P1N(Cc1ccccc1OC)CC2.COc1ccccc1CN1CCN2CCN(Cc3ccccc3OC)P1N(Cc1ccccc1OC)CC2. The predicted molar refractivity (Wildman–Crippen MR) is 307 cm³/mol. The number of hydrogen-bond acceptors (Lipinski definition) is 14. The van der Waals surface area contributed by atoms with E-state index in [1.807, 2.05) is 36.4 Å². The highest BCUT2D eigenvalue weighted by Gasteiger charge is 2.39. The molecule has 76 heavy (non-hydrogen) atoms. The molecule has 0 amide bonds. The molecule has 0 atom stereocenters. The van der Waals surface area contributed by atoms with Crippen molar-refractivity contribution >= 4 is 16.7 Å². The van der Waals surface area contributed by atoms with Gasteiger partial charge in [0.15, 0.2) is 0 Å². The van der Waals surface area contributed by atoms with E-state index in [1.165, 1.54) is 33.4 Å². The van der Waals surface area contributed by atoms with Crippen LogP contribution < -0.4 is 28.4 Å². The van der Waals surface area contributed by atoms with E-state index < -0.39 is 16.7 Å². The number of benzene rings is 6. The Bertz CT molecular complexity index is 2280. The van der Waals surface area contributed by atoms with Crippen LogP contribution in [0, 0.1) is 0 Å². The van der Waals surface area contributed by atoms with Crippen LogP contribution in [0.15, 0.2) is 146 Å². The van der Waals surface area contributed by atoms with E-state index >= 15 is 0 Å². The Morgan fingerprint density at radius 3 is 0.566 bits per heavy atom. The van der Waals surface area contributed by atoms with E-state index in [9.17, 15) is 0 Å².